The number of carbonyl (C=O) groups excluding carboxylic acids is 2. The molecular formula is C31H34N10O2. The number of likely N-dealkylation sites (N-methyl/N-ethyl adjacent to an activating group) is 1. The fourth-order valence-electron chi connectivity index (χ4n) is 4.96. The van der Waals surface area contributed by atoms with Gasteiger partial charge in [-0.25, -0.2) is 9.97 Å². The largest absolute Gasteiger partial charge is 0.370 e. The first-order valence-electron chi connectivity index (χ1n) is 13.9. The molecule has 0 aliphatic heterocycles. The number of pyridine rings is 1. The van der Waals surface area contributed by atoms with Crippen molar-refractivity contribution in [1.82, 2.24) is 29.4 Å². The van der Waals surface area contributed by atoms with Crippen LogP contribution in [0.1, 0.15) is 34.9 Å². The molecule has 5 rings (SSSR count). The van der Waals surface area contributed by atoms with Crippen LogP contribution in [0.5, 0.6) is 0 Å². The number of hydrogen-bond acceptors (Lipinski definition) is 6. The maximum atomic E-state index is 13.4. The second kappa shape index (κ2) is 13.0. The van der Waals surface area contributed by atoms with E-state index in [0.29, 0.717) is 66.3 Å². The number of hydrogen-bond donors (Lipinski definition) is 4. The molecule has 12 nitrogen and oxygen atoms in total. The SMILES string of the molecule is CN(CCc1ccccn1)C(=O)c1ccc2c(c1)nc(-c1cnc(-c3ccccc3)[nH]1)n2[C@@H](CCCN=C(N)N)C(N)=O. The molecule has 0 aliphatic carbocycles. The maximum absolute atomic E-state index is 13.4. The van der Waals surface area contributed by atoms with Gasteiger partial charge in [-0.2, -0.15) is 0 Å². The molecule has 0 unspecified atom stereocenters. The molecule has 12 heteroatoms. The summed E-state index contributed by atoms with van der Waals surface area (Å²) in [7, 11) is 1.76. The Kier molecular flexibility index (Phi) is 8.75. The van der Waals surface area contributed by atoms with Crippen LogP contribution in [0.15, 0.2) is 84.1 Å². The average Bonchev–Trinajstić information content (AvgIpc) is 3.65. The summed E-state index contributed by atoms with van der Waals surface area (Å²) in [5.41, 5.74) is 21.0. The average molecular weight is 579 g/mol. The molecule has 3 heterocycles. The molecule has 2 aromatic carbocycles. The molecule has 0 bridgehead atoms. The second-order valence-corrected chi connectivity index (χ2v) is 10.2. The van der Waals surface area contributed by atoms with Crippen LogP contribution in [0.3, 0.4) is 0 Å². The van der Waals surface area contributed by atoms with Crippen LogP contribution in [0.25, 0.3) is 33.9 Å². The van der Waals surface area contributed by atoms with Crippen molar-refractivity contribution < 1.29 is 9.59 Å². The van der Waals surface area contributed by atoms with Crippen LogP contribution >= 0.6 is 0 Å². The fourth-order valence-corrected chi connectivity index (χ4v) is 4.96. The van der Waals surface area contributed by atoms with Crippen molar-refractivity contribution in [2.45, 2.75) is 25.3 Å². The van der Waals surface area contributed by atoms with Crippen LogP contribution in [0.2, 0.25) is 0 Å². The standard InChI is InChI=1S/C31H34N10O2/c1-40(17-14-22-10-5-6-15-35-22)30(43)21-12-13-25-23(18-21)39-29(24-19-37-28(38-24)20-8-3-2-4-9-20)41(25)26(27(32)42)11-7-16-36-31(33)34/h2-6,8-10,12-13,15,18-19,26H,7,11,14,16-17H2,1H3,(H2,32,42)(H,37,38)(H4,33,34,36)/t26-/m0/s1. The Bertz CT molecular complexity index is 1740. The first-order chi connectivity index (χ1) is 20.8. The first kappa shape index (κ1) is 29.0. The van der Waals surface area contributed by atoms with Crippen LogP contribution in [0, 0.1) is 0 Å². The van der Waals surface area contributed by atoms with Gasteiger partial charge >= 0.3 is 0 Å². The highest BCUT2D eigenvalue weighted by Crippen LogP contribution is 2.31. The Hall–Kier alpha value is -5.52. The molecule has 3 aromatic heterocycles. The van der Waals surface area contributed by atoms with Crippen molar-refractivity contribution >= 4 is 28.8 Å². The Labute approximate surface area is 248 Å². The normalized spacial score (nSPS) is 11.7. The van der Waals surface area contributed by atoms with E-state index >= 15 is 0 Å². The quantitative estimate of drug-likeness (QED) is 0.0995. The molecular weight excluding hydrogens is 544 g/mol. The van der Waals surface area contributed by atoms with E-state index in [2.05, 4.69) is 19.9 Å². The minimum atomic E-state index is -0.750. The summed E-state index contributed by atoms with van der Waals surface area (Å²) in [6.45, 7) is 0.850. The van der Waals surface area contributed by atoms with Gasteiger partial charge in [0.2, 0.25) is 5.91 Å². The number of carbonyl (C=O) groups is 2. The Morgan fingerprint density at radius 1 is 1.02 bits per heavy atom. The number of nitrogens with zero attached hydrogens (tertiary/aromatic N) is 6. The molecule has 0 saturated carbocycles. The number of rotatable bonds is 12. The fraction of sp³-hybridized carbons (Fsp3) is 0.226. The van der Waals surface area contributed by atoms with Gasteiger partial charge in [-0.05, 0) is 43.2 Å². The number of nitrogens with two attached hydrogens (primary N) is 3. The molecule has 0 aliphatic rings. The number of imidazole rings is 2. The molecule has 1 atom stereocenters. The van der Waals surface area contributed by atoms with Crippen LogP contribution < -0.4 is 17.2 Å². The predicted molar refractivity (Wildman–Crippen MR) is 166 cm³/mol. The molecule has 0 saturated heterocycles. The maximum Gasteiger partial charge on any atom is 0.253 e. The molecule has 0 fully saturated rings. The van der Waals surface area contributed by atoms with Gasteiger partial charge in [-0.1, -0.05) is 36.4 Å². The van der Waals surface area contributed by atoms with Gasteiger partial charge in [-0.15, -0.1) is 0 Å². The summed E-state index contributed by atoms with van der Waals surface area (Å²) in [6.07, 6.45) is 4.94. The molecule has 0 spiro atoms. The number of primary amides is 1. The van der Waals surface area contributed by atoms with E-state index in [9.17, 15) is 9.59 Å². The Morgan fingerprint density at radius 3 is 2.53 bits per heavy atom. The van der Waals surface area contributed by atoms with E-state index in [4.69, 9.17) is 22.2 Å². The number of fused-ring (bicyclic) bond motifs is 1. The summed E-state index contributed by atoms with van der Waals surface area (Å²) in [6, 6.07) is 19.9. The Morgan fingerprint density at radius 2 is 1.81 bits per heavy atom. The van der Waals surface area contributed by atoms with Crippen molar-refractivity contribution in [3.8, 4) is 22.9 Å². The van der Waals surface area contributed by atoms with E-state index in [1.807, 2.05) is 48.5 Å². The van der Waals surface area contributed by atoms with Gasteiger partial charge in [0.1, 0.15) is 17.6 Å². The first-order valence-corrected chi connectivity index (χ1v) is 13.9. The van der Waals surface area contributed by atoms with E-state index in [-0.39, 0.29) is 11.9 Å². The molecule has 43 heavy (non-hydrogen) atoms. The summed E-state index contributed by atoms with van der Waals surface area (Å²) in [4.78, 5) is 49.0. The summed E-state index contributed by atoms with van der Waals surface area (Å²) in [5, 5.41) is 0. The van der Waals surface area contributed by atoms with Gasteiger partial charge in [-0.3, -0.25) is 19.6 Å². The minimum Gasteiger partial charge on any atom is -0.370 e. The van der Waals surface area contributed by atoms with Gasteiger partial charge < -0.3 is 31.7 Å². The lowest BCUT2D eigenvalue weighted by Gasteiger charge is -2.19. The number of guanidine groups is 1. The number of amides is 2. The number of benzene rings is 2. The van der Waals surface area contributed by atoms with E-state index in [1.165, 1.54) is 0 Å². The topological polar surface area (TPSA) is 187 Å². The van der Waals surface area contributed by atoms with Crippen LogP contribution in [0.4, 0.5) is 0 Å². The highest BCUT2D eigenvalue weighted by Gasteiger charge is 2.26. The predicted octanol–water partition coefficient (Wildman–Crippen LogP) is 2.88. The number of aliphatic imine (C=N–C) groups is 1. The second-order valence-electron chi connectivity index (χ2n) is 10.2. The highest BCUT2D eigenvalue weighted by atomic mass is 16.2. The summed E-state index contributed by atoms with van der Waals surface area (Å²) < 4.78 is 1.80. The lowest BCUT2D eigenvalue weighted by atomic mass is 10.1. The zero-order chi connectivity index (χ0) is 30.3. The van der Waals surface area contributed by atoms with E-state index < -0.39 is 11.9 Å². The Balaban J connectivity index is 1.51. The third kappa shape index (κ3) is 6.70. The van der Waals surface area contributed by atoms with E-state index in [1.54, 1.807) is 47.1 Å². The number of aromatic amines is 1. The van der Waals surface area contributed by atoms with Crippen molar-refractivity contribution in [2.75, 3.05) is 20.1 Å². The lowest BCUT2D eigenvalue weighted by molar-refractivity contribution is -0.121. The molecule has 0 radical (unpaired) electrons. The number of aromatic nitrogens is 5. The molecule has 2 amide bonds. The zero-order valence-corrected chi connectivity index (χ0v) is 23.9. The highest BCUT2D eigenvalue weighted by molar-refractivity contribution is 5.98. The monoisotopic (exact) mass is 578 g/mol. The third-order valence-electron chi connectivity index (χ3n) is 7.15. The summed E-state index contributed by atoms with van der Waals surface area (Å²) >= 11 is 0. The van der Waals surface area contributed by atoms with Gasteiger partial charge in [0.25, 0.3) is 5.91 Å². The smallest absolute Gasteiger partial charge is 0.253 e. The van der Waals surface area contributed by atoms with Gasteiger partial charge in [0.05, 0.1) is 17.2 Å². The molecule has 220 valence electrons. The number of nitrogens with one attached hydrogen (secondary N) is 1. The minimum absolute atomic E-state index is 0.0162. The van der Waals surface area contributed by atoms with Crippen molar-refractivity contribution in [1.29, 1.82) is 0 Å². The van der Waals surface area contributed by atoms with Crippen molar-refractivity contribution in [3.63, 3.8) is 0 Å². The lowest BCUT2D eigenvalue weighted by Crippen LogP contribution is -2.29. The van der Waals surface area contributed by atoms with Gasteiger partial charge in [0.15, 0.2) is 11.8 Å². The zero-order valence-electron chi connectivity index (χ0n) is 23.9. The van der Waals surface area contributed by atoms with Crippen LogP contribution in [-0.4, -0.2) is 67.3 Å². The number of H-pyrrole nitrogens is 1. The molecule has 7 N–H and O–H groups in total. The summed E-state index contributed by atoms with van der Waals surface area (Å²) in [5.74, 6) is 0.442. The third-order valence-corrected chi connectivity index (χ3v) is 7.15. The molecule has 5 aromatic rings. The van der Waals surface area contributed by atoms with Crippen molar-refractivity contribution in [2.24, 2.45) is 22.2 Å². The van der Waals surface area contributed by atoms with E-state index in [0.717, 1.165) is 11.3 Å². The van der Waals surface area contributed by atoms with Crippen molar-refractivity contribution in [3.05, 3.63) is 90.4 Å². The van der Waals surface area contributed by atoms with Crippen LogP contribution in [-0.2, 0) is 11.2 Å². The van der Waals surface area contributed by atoms with Gasteiger partial charge in [0, 0.05) is 49.6 Å².